The van der Waals surface area contributed by atoms with E-state index in [1.807, 2.05) is 0 Å². The zero-order valence-corrected chi connectivity index (χ0v) is 17.0. The average molecular weight is 436 g/mol. The molecule has 1 aromatic rings. The molecule has 2 amide bonds. The van der Waals surface area contributed by atoms with Crippen LogP contribution in [0.3, 0.4) is 0 Å². The fourth-order valence-electron chi connectivity index (χ4n) is 2.70. The first kappa shape index (κ1) is 23.0. The summed E-state index contributed by atoms with van der Waals surface area (Å²) in [6.45, 7) is 4.96. The Morgan fingerprint density at radius 3 is 2.55 bits per heavy atom. The second-order valence-electron chi connectivity index (χ2n) is 7.61. The van der Waals surface area contributed by atoms with Gasteiger partial charge in [0.15, 0.2) is 0 Å². The molecule has 29 heavy (non-hydrogen) atoms. The van der Waals surface area contributed by atoms with E-state index >= 15 is 0 Å². The normalized spacial score (nSPS) is 23.8. The van der Waals surface area contributed by atoms with Gasteiger partial charge in [-0.05, 0) is 33.6 Å². The summed E-state index contributed by atoms with van der Waals surface area (Å²) in [5, 5.41) is 2.35. The van der Waals surface area contributed by atoms with Crippen LogP contribution in [0.5, 0.6) is 0 Å². The lowest BCUT2D eigenvalue weighted by Gasteiger charge is -2.25. The van der Waals surface area contributed by atoms with Gasteiger partial charge in [-0.15, -0.1) is 0 Å². The number of aromatic nitrogens is 2. The maximum atomic E-state index is 13.4. The number of hydrogen-bond donors (Lipinski definition) is 1. The van der Waals surface area contributed by atoms with Gasteiger partial charge in [0.25, 0.3) is 5.91 Å². The molecule has 0 fully saturated rings. The molecule has 0 spiro atoms. The number of nitrogens with one attached hydrogen (secondary N) is 1. The van der Waals surface area contributed by atoms with Crippen LogP contribution < -0.4 is 5.32 Å². The van der Waals surface area contributed by atoms with Crippen LogP contribution in [0.2, 0.25) is 0 Å². The first-order valence-electron chi connectivity index (χ1n) is 8.88. The molecule has 2 rings (SSSR count). The number of alkyl halides is 3. The molecule has 1 aromatic heterocycles. The highest BCUT2D eigenvalue weighted by Crippen LogP contribution is 2.36. The molecule has 0 saturated carbocycles. The maximum absolute atomic E-state index is 13.4. The highest BCUT2D eigenvalue weighted by Gasteiger charge is 2.42. The number of hydrogen-bond acceptors (Lipinski definition) is 6. The van der Waals surface area contributed by atoms with Gasteiger partial charge in [-0.2, -0.15) is 17.5 Å². The lowest BCUT2D eigenvalue weighted by Crippen LogP contribution is -2.46. The average Bonchev–Trinajstić information content (AvgIpc) is 2.56. The molecule has 12 heteroatoms. The molecule has 2 heterocycles. The highest BCUT2D eigenvalue weighted by molar-refractivity contribution is 7.93. The molecular weight excluding hydrogens is 413 g/mol. The largest absolute Gasteiger partial charge is 0.444 e. The molecule has 0 radical (unpaired) electrons. The standard InChI is InChI=1S/C17H23F3N4O4S/c1-16(2,3)28-15(26)23-12-5-9-29(27,24-14(12)25)8-4-11(17(18,19)20)13-10-21-6-7-22-13/h6-7,10-12H,4-5,8-9H2,1-3H3,(H,23,26)/t11?,12-,29?/m0/s1. The Bertz CT molecular complexity index is 862. The van der Waals surface area contributed by atoms with Crippen LogP contribution >= 0.6 is 0 Å². The predicted octanol–water partition coefficient (Wildman–Crippen LogP) is 2.80. The van der Waals surface area contributed by atoms with Crippen molar-refractivity contribution >= 4 is 21.7 Å². The fraction of sp³-hybridized carbons (Fsp3) is 0.647. The van der Waals surface area contributed by atoms with Gasteiger partial charge >= 0.3 is 12.3 Å². The van der Waals surface area contributed by atoms with E-state index in [9.17, 15) is 27.0 Å². The van der Waals surface area contributed by atoms with Crippen molar-refractivity contribution in [1.29, 1.82) is 0 Å². The summed E-state index contributed by atoms with van der Waals surface area (Å²) >= 11 is 0. The second-order valence-corrected chi connectivity index (χ2v) is 10.2. The van der Waals surface area contributed by atoms with Gasteiger partial charge in [-0.25, -0.2) is 9.00 Å². The number of rotatable bonds is 5. The first-order valence-corrected chi connectivity index (χ1v) is 10.7. The van der Waals surface area contributed by atoms with Gasteiger partial charge < -0.3 is 10.1 Å². The van der Waals surface area contributed by atoms with E-state index in [-0.39, 0.29) is 17.9 Å². The van der Waals surface area contributed by atoms with E-state index in [2.05, 4.69) is 19.6 Å². The second kappa shape index (κ2) is 8.64. The molecule has 2 unspecified atom stereocenters. The number of halogens is 3. The third-order valence-corrected chi connectivity index (χ3v) is 6.29. The summed E-state index contributed by atoms with van der Waals surface area (Å²) in [4.78, 5) is 31.3. The molecule has 0 aromatic carbocycles. The third-order valence-electron chi connectivity index (χ3n) is 4.03. The summed E-state index contributed by atoms with van der Waals surface area (Å²) in [7, 11) is -3.17. The summed E-state index contributed by atoms with van der Waals surface area (Å²) < 4.78 is 61.6. The van der Waals surface area contributed by atoms with Gasteiger partial charge in [0.2, 0.25) is 0 Å². The van der Waals surface area contributed by atoms with E-state index < -0.39 is 57.6 Å². The van der Waals surface area contributed by atoms with E-state index in [0.717, 1.165) is 12.4 Å². The number of alkyl carbamates (subject to hydrolysis) is 1. The summed E-state index contributed by atoms with van der Waals surface area (Å²) in [5.74, 6) is -3.32. The zero-order chi connectivity index (χ0) is 21.9. The Morgan fingerprint density at radius 2 is 2.03 bits per heavy atom. The SMILES string of the molecule is CC(C)(C)OC(=O)N[C@H]1CCS(=O)(CCC(c2cnccn2)C(F)(F)F)=NC1=O. The van der Waals surface area contributed by atoms with Gasteiger partial charge in [0.1, 0.15) is 11.6 Å². The lowest BCUT2D eigenvalue weighted by molar-refractivity contribution is -0.151. The molecule has 8 nitrogen and oxygen atoms in total. The number of carbonyl (C=O) groups excluding carboxylic acids is 2. The van der Waals surface area contributed by atoms with Crippen LogP contribution in [-0.4, -0.2) is 55.5 Å². The predicted molar refractivity (Wildman–Crippen MR) is 98.5 cm³/mol. The molecular formula is C17H23F3N4O4S. The van der Waals surface area contributed by atoms with E-state index in [0.29, 0.717) is 0 Å². The van der Waals surface area contributed by atoms with Crippen LogP contribution in [0.4, 0.5) is 18.0 Å². The van der Waals surface area contributed by atoms with Crippen LogP contribution in [0, 0.1) is 0 Å². The van der Waals surface area contributed by atoms with Gasteiger partial charge in [-0.3, -0.25) is 14.8 Å². The Kier molecular flexibility index (Phi) is 6.86. The molecule has 162 valence electrons. The third kappa shape index (κ3) is 6.94. The molecule has 0 aliphatic carbocycles. The molecule has 1 N–H and O–H groups in total. The topological polar surface area (TPSA) is 111 Å². The number of ether oxygens (including phenoxy) is 1. The van der Waals surface area contributed by atoms with Crippen molar-refractivity contribution in [2.45, 2.75) is 57.3 Å². The van der Waals surface area contributed by atoms with Crippen molar-refractivity contribution in [3.8, 4) is 0 Å². The minimum atomic E-state index is -4.61. The number of amides is 2. The minimum absolute atomic E-state index is 0.00222. The monoisotopic (exact) mass is 436 g/mol. The van der Waals surface area contributed by atoms with E-state index in [1.54, 1.807) is 20.8 Å². The molecule has 0 bridgehead atoms. The van der Waals surface area contributed by atoms with Crippen molar-refractivity contribution in [2.24, 2.45) is 4.36 Å². The molecule has 1 aliphatic rings. The van der Waals surface area contributed by atoms with Crippen LogP contribution in [0.15, 0.2) is 23.0 Å². The number of carbonyl (C=O) groups is 2. The maximum Gasteiger partial charge on any atom is 0.408 e. The molecule has 3 atom stereocenters. The van der Waals surface area contributed by atoms with Crippen molar-refractivity contribution in [3.63, 3.8) is 0 Å². The van der Waals surface area contributed by atoms with Crippen molar-refractivity contribution in [1.82, 2.24) is 15.3 Å². The Morgan fingerprint density at radius 1 is 1.34 bits per heavy atom. The molecule has 1 aliphatic heterocycles. The summed E-state index contributed by atoms with van der Waals surface area (Å²) in [6, 6.07) is -1.02. The van der Waals surface area contributed by atoms with Gasteiger partial charge in [-0.1, -0.05) is 0 Å². The smallest absolute Gasteiger partial charge is 0.408 e. The Balaban J connectivity index is 2.06. The number of nitrogens with zero attached hydrogens (tertiary/aromatic N) is 3. The van der Waals surface area contributed by atoms with Crippen molar-refractivity contribution in [2.75, 3.05) is 11.5 Å². The molecule has 0 saturated heterocycles. The Labute approximate surface area is 166 Å². The van der Waals surface area contributed by atoms with Crippen LogP contribution in [-0.2, 0) is 19.3 Å². The van der Waals surface area contributed by atoms with Gasteiger partial charge in [0.05, 0.1) is 21.3 Å². The Hall–Kier alpha value is -2.24. The lowest BCUT2D eigenvalue weighted by atomic mass is 10.0. The van der Waals surface area contributed by atoms with Crippen molar-refractivity contribution in [3.05, 3.63) is 24.3 Å². The van der Waals surface area contributed by atoms with Gasteiger partial charge in [0, 0.05) is 30.1 Å². The van der Waals surface area contributed by atoms with Crippen LogP contribution in [0.25, 0.3) is 0 Å². The first-order chi connectivity index (χ1) is 13.3. The van der Waals surface area contributed by atoms with E-state index in [1.165, 1.54) is 6.20 Å². The van der Waals surface area contributed by atoms with Crippen LogP contribution in [0.1, 0.15) is 45.2 Å². The minimum Gasteiger partial charge on any atom is -0.444 e. The zero-order valence-electron chi connectivity index (χ0n) is 16.2. The quantitative estimate of drug-likeness (QED) is 0.760. The fourth-order valence-corrected chi connectivity index (χ4v) is 4.75. The summed E-state index contributed by atoms with van der Waals surface area (Å²) in [5.41, 5.74) is -1.05. The van der Waals surface area contributed by atoms with Crippen molar-refractivity contribution < 1.29 is 31.7 Å². The highest BCUT2D eigenvalue weighted by atomic mass is 32.2. The summed E-state index contributed by atoms with van der Waals surface area (Å²) in [6.07, 6.45) is -2.55. The van der Waals surface area contributed by atoms with E-state index in [4.69, 9.17) is 4.74 Å².